The third-order valence-corrected chi connectivity index (χ3v) is 8.94. The van der Waals surface area contributed by atoms with Gasteiger partial charge in [-0.25, -0.2) is 8.42 Å². The molecule has 3 aromatic rings. The predicted molar refractivity (Wildman–Crippen MR) is 168 cm³/mol. The van der Waals surface area contributed by atoms with Gasteiger partial charge in [-0.2, -0.15) is 0 Å². The van der Waals surface area contributed by atoms with Gasteiger partial charge >= 0.3 is 0 Å². The van der Waals surface area contributed by atoms with Crippen LogP contribution in [0.5, 0.6) is 5.75 Å². The van der Waals surface area contributed by atoms with Crippen LogP contribution < -0.4 is 14.4 Å². The SMILES string of the molecule is COc1ccc([N+](=O)[O-])cc1N(CC(=O)N(Cc1ccc(Cl)cc1)C(Cc1ccccc1)C(=O)NC1CCCC1)S(C)(=O)=O. The van der Waals surface area contributed by atoms with E-state index >= 15 is 0 Å². The monoisotopic (exact) mass is 642 g/mol. The Hall–Kier alpha value is -4.16. The Labute approximate surface area is 262 Å². The second-order valence-corrected chi connectivity index (χ2v) is 13.1. The first-order valence-electron chi connectivity index (χ1n) is 14.1. The smallest absolute Gasteiger partial charge is 0.271 e. The van der Waals surface area contributed by atoms with Crippen LogP contribution in [0.4, 0.5) is 11.4 Å². The molecular formula is C31H35ClN4O7S. The Kier molecular flexibility index (Phi) is 10.8. The predicted octanol–water partition coefficient (Wildman–Crippen LogP) is 4.72. The highest BCUT2D eigenvalue weighted by atomic mass is 35.5. The van der Waals surface area contributed by atoms with Crippen molar-refractivity contribution in [2.75, 3.05) is 24.2 Å². The van der Waals surface area contributed by atoms with Crippen LogP contribution in [-0.2, 0) is 32.6 Å². The maximum atomic E-state index is 14.3. The molecule has 0 bridgehead atoms. The van der Waals surface area contributed by atoms with E-state index in [-0.39, 0.29) is 42.0 Å². The van der Waals surface area contributed by atoms with Crippen LogP contribution in [0.2, 0.25) is 5.02 Å². The van der Waals surface area contributed by atoms with Crippen LogP contribution in [0, 0.1) is 10.1 Å². The summed E-state index contributed by atoms with van der Waals surface area (Å²) < 4.78 is 32.3. The summed E-state index contributed by atoms with van der Waals surface area (Å²) in [5, 5.41) is 15.1. The first-order valence-corrected chi connectivity index (χ1v) is 16.4. The number of non-ortho nitro benzene ring substituents is 1. The number of amides is 2. The lowest BCUT2D eigenvalue weighted by atomic mass is 10.0. The van der Waals surface area contributed by atoms with Crippen LogP contribution in [0.1, 0.15) is 36.8 Å². The molecule has 2 amide bonds. The number of nitro benzene ring substituents is 1. The van der Waals surface area contributed by atoms with E-state index in [2.05, 4.69) is 5.32 Å². The summed E-state index contributed by atoms with van der Waals surface area (Å²) in [7, 11) is -2.86. The van der Waals surface area contributed by atoms with Crippen molar-refractivity contribution in [1.82, 2.24) is 10.2 Å². The van der Waals surface area contributed by atoms with Gasteiger partial charge in [0, 0.05) is 36.2 Å². The molecule has 0 aliphatic heterocycles. The molecule has 234 valence electrons. The fraction of sp³-hybridized carbons (Fsp3) is 0.355. The Morgan fingerprint density at radius 1 is 1.05 bits per heavy atom. The number of ether oxygens (including phenoxy) is 1. The number of hydrogen-bond donors (Lipinski definition) is 1. The van der Waals surface area contributed by atoms with E-state index in [1.165, 1.54) is 24.1 Å². The van der Waals surface area contributed by atoms with Gasteiger partial charge in [0.25, 0.3) is 5.69 Å². The fourth-order valence-electron chi connectivity index (χ4n) is 5.29. The maximum absolute atomic E-state index is 14.3. The first kappa shape index (κ1) is 32.7. The average Bonchev–Trinajstić information content (AvgIpc) is 3.51. The summed E-state index contributed by atoms with van der Waals surface area (Å²) in [6.07, 6.45) is 4.74. The van der Waals surface area contributed by atoms with Crippen molar-refractivity contribution in [3.05, 3.63) is 99.1 Å². The van der Waals surface area contributed by atoms with Crippen LogP contribution in [0.15, 0.2) is 72.8 Å². The molecular weight excluding hydrogens is 608 g/mol. The number of carbonyl (C=O) groups is 2. The zero-order chi connectivity index (χ0) is 31.9. The van der Waals surface area contributed by atoms with E-state index in [0.29, 0.717) is 10.6 Å². The van der Waals surface area contributed by atoms with Crippen molar-refractivity contribution in [1.29, 1.82) is 0 Å². The fourth-order valence-corrected chi connectivity index (χ4v) is 6.26. The highest BCUT2D eigenvalue weighted by Crippen LogP contribution is 2.34. The Morgan fingerprint density at radius 3 is 2.30 bits per heavy atom. The summed E-state index contributed by atoms with van der Waals surface area (Å²) >= 11 is 6.10. The molecule has 4 rings (SSSR count). The van der Waals surface area contributed by atoms with Gasteiger partial charge < -0.3 is 15.0 Å². The average molecular weight is 643 g/mol. The summed E-state index contributed by atoms with van der Waals surface area (Å²) in [5.41, 5.74) is 0.943. The Balaban J connectivity index is 1.77. The van der Waals surface area contributed by atoms with Crippen molar-refractivity contribution in [2.45, 2.75) is 50.7 Å². The van der Waals surface area contributed by atoms with Crippen molar-refractivity contribution in [2.24, 2.45) is 0 Å². The molecule has 1 atom stereocenters. The molecule has 0 spiro atoms. The number of benzene rings is 3. The molecule has 11 nitrogen and oxygen atoms in total. The van der Waals surface area contributed by atoms with Crippen molar-refractivity contribution in [3.63, 3.8) is 0 Å². The van der Waals surface area contributed by atoms with Crippen molar-refractivity contribution >= 4 is 44.8 Å². The van der Waals surface area contributed by atoms with Crippen molar-refractivity contribution in [3.8, 4) is 5.75 Å². The number of methoxy groups -OCH3 is 1. The minimum Gasteiger partial charge on any atom is -0.495 e. The largest absolute Gasteiger partial charge is 0.495 e. The third kappa shape index (κ3) is 8.48. The van der Waals surface area contributed by atoms with Gasteiger partial charge in [-0.15, -0.1) is 0 Å². The minimum atomic E-state index is -4.16. The van der Waals surface area contributed by atoms with Gasteiger partial charge in [-0.05, 0) is 42.2 Å². The minimum absolute atomic E-state index is 0.0186. The number of carbonyl (C=O) groups excluding carboxylic acids is 2. The lowest BCUT2D eigenvalue weighted by Crippen LogP contribution is -2.54. The molecule has 1 unspecified atom stereocenters. The summed E-state index contributed by atoms with van der Waals surface area (Å²) in [5.74, 6) is -0.999. The van der Waals surface area contributed by atoms with E-state index in [1.807, 2.05) is 30.3 Å². The number of hydrogen-bond acceptors (Lipinski definition) is 7. The van der Waals surface area contributed by atoms with Gasteiger partial charge in [0.1, 0.15) is 24.0 Å². The molecule has 44 heavy (non-hydrogen) atoms. The highest BCUT2D eigenvalue weighted by Gasteiger charge is 2.35. The Morgan fingerprint density at radius 2 is 1.70 bits per heavy atom. The summed E-state index contributed by atoms with van der Waals surface area (Å²) in [4.78, 5) is 40.4. The van der Waals surface area contributed by atoms with E-state index in [1.54, 1.807) is 24.3 Å². The lowest BCUT2D eigenvalue weighted by Gasteiger charge is -2.34. The molecule has 1 N–H and O–H groups in total. The highest BCUT2D eigenvalue weighted by molar-refractivity contribution is 7.92. The molecule has 3 aromatic carbocycles. The molecule has 13 heteroatoms. The molecule has 1 saturated carbocycles. The van der Waals surface area contributed by atoms with Crippen LogP contribution in [0.3, 0.4) is 0 Å². The zero-order valence-electron chi connectivity index (χ0n) is 24.5. The zero-order valence-corrected chi connectivity index (χ0v) is 26.1. The van der Waals surface area contributed by atoms with Gasteiger partial charge in [0.05, 0.1) is 18.3 Å². The number of nitro groups is 1. The van der Waals surface area contributed by atoms with Crippen molar-refractivity contribution < 1.29 is 27.7 Å². The number of nitrogens with zero attached hydrogens (tertiary/aromatic N) is 3. The maximum Gasteiger partial charge on any atom is 0.271 e. The molecule has 0 saturated heterocycles. The quantitative estimate of drug-likeness (QED) is 0.210. The molecule has 1 aliphatic carbocycles. The van der Waals surface area contributed by atoms with Crippen LogP contribution in [-0.4, -0.2) is 62.0 Å². The molecule has 0 aromatic heterocycles. The number of halogens is 1. The molecule has 0 heterocycles. The summed E-state index contributed by atoms with van der Waals surface area (Å²) in [6, 6.07) is 18.5. The van der Waals surface area contributed by atoms with Gasteiger partial charge in [-0.1, -0.05) is 66.9 Å². The van der Waals surface area contributed by atoms with E-state index in [4.69, 9.17) is 16.3 Å². The van der Waals surface area contributed by atoms with Gasteiger partial charge in [0.15, 0.2) is 0 Å². The molecule has 0 radical (unpaired) electrons. The number of sulfonamides is 1. The molecule has 1 fully saturated rings. The topological polar surface area (TPSA) is 139 Å². The Bertz CT molecular complexity index is 1580. The second-order valence-electron chi connectivity index (χ2n) is 10.7. The van der Waals surface area contributed by atoms with E-state index < -0.39 is 33.4 Å². The normalized spacial score (nSPS) is 14.1. The standard InChI is InChI=1S/C31H35ClN4O7S/c1-43-29-17-16-26(36(39)40)19-27(29)35(44(2,41)42)21-30(37)34(20-23-12-14-24(32)15-13-23)28(18-22-8-4-3-5-9-22)31(38)33-25-10-6-7-11-25/h3-5,8-9,12-17,19,25,28H,6-7,10-11,18,20-21H2,1-2H3,(H,33,38). The van der Waals surface area contributed by atoms with E-state index in [9.17, 15) is 28.1 Å². The number of anilines is 1. The van der Waals surface area contributed by atoms with E-state index in [0.717, 1.165) is 47.9 Å². The number of rotatable bonds is 13. The third-order valence-electron chi connectivity index (χ3n) is 7.56. The second kappa shape index (κ2) is 14.5. The first-order chi connectivity index (χ1) is 21.0. The van der Waals surface area contributed by atoms with Crippen LogP contribution in [0.25, 0.3) is 0 Å². The summed E-state index contributed by atoms with van der Waals surface area (Å²) in [6.45, 7) is -0.749. The van der Waals surface area contributed by atoms with Gasteiger partial charge in [0.2, 0.25) is 21.8 Å². The van der Waals surface area contributed by atoms with Crippen LogP contribution >= 0.6 is 11.6 Å². The number of nitrogens with one attached hydrogen (secondary N) is 1. The molecule has 1 aliphatic rings. The van der Waals surface area contributed by atoms with Gasteiger partial charge in [-0.3, -0.25) is 24.0 Å². The lowest BCUT2D eigenvalue weighted by molar-refractivity contribution is -0.384.